The zero-order valence-corrected chi connectivity index (χ0v) is 33.7. The van der Waals surface area contributed by atoms with Crippen LogP contribution in [0.4, 0.5) is 11.5 Å². The Morgan fingerprint density at radius 1 is 0.897 bits per heavy atom. The average molecular weight is 789 g/mol. The second-order valence-corrected chi connectivity index (χ2v) is 16.7. The number of methoxy groups -OCH3 is 1. The predicted molar refractivity (Wildman–Crippen MR) is 226 cm³/mol. The van der Waals surface area contributed by atoms with E-state index in [9.17, 15) is 25.5 Å². The van der Waals surface area contributed by atoms with Gasteiger partial charge in [-0.15, -0.1) is 0 Å². The largest absolute Gasteiger partial charge is 0.508 e. The van der Waals surface area contributed by atoms with E-state index in [4.69, 9.17) is 14.5 Å². The quantitative estimate of drug-likeness (QED) is 0.0562. The van der Waals surface area contributed by atoms with Crippen LogP contribution in [-0.2, 0) is 23.1 Å². The number of aliphatic hydroxyl groups is 1. The molecule has 0 saturated heterocycles. The molecule has 1 fully saturated rings. The molecule has 1 aliphatic carbocycles. The van der Waals surface area contributed by atoms with Gasteiger partial charge in [0.15, 0.2) is 23.0 Å². The highest BCUT2D eigenvalue weighted by Gasteiger charge is 2.49. The monoisotopic (exact) mass is 788 g/mol. The summed E-state index contributed by atoms with van der Waals surface area (Å²) in [5.74, 6) is -0.0334. The number of nitrogens with one attached hydrogen (secondary N) is 1. The molecule has 1 aromatic heterocycles. The second kappa shape index (κ2) is 17.6. The van der Waals surface area contributed by atoms with Crippen molar-refractivity contribution in [1.82, 2.24) is 4.98 Å². The SMILES string of the molecule is COc1cc(CCC(O)C2C(=O)CC(c3cc(O)c(O)c(OCCCC(C)C)c3)CCc3c(ccc4cc(O)ccc34)Nc3cc(ccn3)C23CCCC3)ccc1O. The first-order valence-corrected chi connectivity index (χ1v) is 20.7. The van der Waals surface area contributed by atoms with Gasteiger partial charge in [-0.1, -0.05) is 44.9 Å². The van der Waals surface area contributed by atoms with E-state index in [1.54, 1.807) is 36.5 Å². The molecule has 306 valence electrons. The molecule has 5 aromatic rings. The van der Waals surface area contributed by atoms with E-state index in [1.807, 2.05) is 36.4 Å². The number of hydrogen-bond donors (Lipinski definition) is 6. The predicted octanol–water partition coefficient (Wildman–Crippen LogP) is 9.74. The molecule has 1 saturated carbocycles. The third-order valence-electron chi connectivity index (χ3n) is 12.4. The van der Waals surface area contributed by atoms with Gasteiger partial charge in [0.2, 0.25) is 5.75 Å². The molecule has 10 nitrogen and oxygen atoms in total. The van der Waals surface area contributed by atoms with Crippen LogP contribution >= 0.6 is 0 Å². The van der Waals surface area contributed by atoms with E-state index in [1.165, 1.54) is 13.2 Å². The fourth-order valence-electron chi connectivity index (χ4n) is 9.46. The van der Waals surface area contributed by atoms with Gasteiger partial charge in [-0.3, -0.25) is 4.79 Å². The number of hydrogen-bond acceptors (Lipinski definition) is 10. The summed E-state index contributed by atoms with van der Waals surface area (Å²) in [6, 6.07) is 21.7. The summed E-state index contributed by atoms with van der Waals surface area (Å²) in [5, 5.41) is 60.4. The van der Waals surface area contributed by atoms with Crippen molar-refractivity contribution in [2.75, 3.05) is 19.0 Å². The number of aromatic nitrogens is 1. The van der Waals surface area contributed by atoms with E-state index in [0.29, 0.717) is 55.3 Å². The molecule has 4 aromatic carbocycles. The van der Waals surface area contributed by atoms with Gasteiger partial charge in [0, 0.05) is 23.7 Å². The van der Waals surface area contributed by atoms with Gasteiger partial charge >= 0.3 is 0 Å². The zero-order chi connectivity index (χ0) is 41.0. The standard InChI is InChI=1S/C48H56N2O8/c1-29(2)7-6-22-58-44-27-33(26-42(55)47(44)56)31-10-13-37-36-14-12-35(51)24-32(36)11-15-38(37)50-45-28-34(18-21-49-45)48(19-4-5-20-48)46(41(54)25-31)40(53)17-9-30-8-16-39(52)43(23-30)57-3/h8,11-12,14-16,18,21,23-24,26-29,31,40,46,51-53,55-56H,4-7,9-10,13,17,19-20,22,25H2,1-3H3,(H,49,50). The number of phenols is 4. The van der Waals surface area contributed by atoms with Crippen molar-refractivity contribution in [2.24, 2.45) is 11.8 Å². The summed E-state index contributed by atoms with van der Waals surface area (Å²) in [6.45, 7) is 4.65. The minimum absolute atomic E-state index is 0.0351. The lowest BCUT2D eigenvalue weighted by atomic mass is 9.63. The first-order valence-electron chi connectivity index (χ1n) is 20.7. The zero-order valence-electron chi connectivity index (χ0n) is 33.7. The third-order valence-corrected chi connectivity index (χ3v) is 12.4. The molecule has 1 aliphatic heterocycles. The summed E-state index contributed by atoms with van der Waals surface area (Å²) in [4.78, 5) is 20.1. The van der Waals surface area contributed by atoms with Crippen LogP contribution in [0.3, 0.4) is 0 Å². The van der Waals surface area contributed by atoms with E-state index in [0.717, 1.165) is 71.7 Å². The van der Waals surface area contributed by atoms with Crippen LogP contribution in [-0.4, -0.2) is 56.1 Å². The van der Waals surface area contributed by atoms with Crippen LogP contribution in [0.15, 0.2) is 79.0 Å². The molecule has 0 radical (unpaired) electrons. The number of aryl methyl sites for hydroxylation is 2. The Morgan fingerprint density at radius 3 is 2.48 bits per heavy atom. The van der Waals surface area contributed by atoms with Gasteiger partial charge in [-0.05, 0) is 151 Å². The number of carbonyl (C=O) groups is 1. The number of fused-ring (bicyclic) bond motifs is 6. The number of pyridine rings is 1. The minimum atomic E-state index is -0.998. The van der Waals surface area contributed by atoms with Crippen LogP contribution in [0.25, 0.3) is 10.8 Å². The number of anilines is 2. The van der Waals surface area contributed by atoms with Crippen LogP contribution in [0, 0.1) is 11.8 Å². The molecule has 3 unspecified atom stereocenters. The Bertz CT molecular complexity index is 2250. The molecule has 58 heavy (non-hydrogen) atoms. The number of aromatic hydroxyl groups is 4. The maximum Gasteiger partial charge on any atom is 0.200 e. The number of ketones is 1. The molecule has 3 atom stereocenters. The summed E-state index contributed by atoms with van der Waals surface area (Å²) >= 11 is 0. The summed E-state index contributed by atoms with van der Waals surface area (Å²) in [6.07, 6.45) is 7.65. The van der Waals surface area contributed by atoms with Gasteiger partial charge in [-0.25, -0.2) is 4.98 Å². The third kappa shape index (κ3) is 8.67. The van der Waals surface area contributed by atoms with Crippen molar-refractivity contribution in [3.63, 3.8) is 0 Å². The number of nitrogens with zero attached hydrogens (tertiary/aromatic N) is 1. The van der Waals surface area contributed by atoms with Crippen molar-refractivity contribution >= 4 is 28.1 Å². The summed E-state index contributed by atoms with van der Waals surface area (Å²) < 4.78 is 11.4. The van der Waals surface area contributed by atoms with Gasteiger partial charge in [0.25, 0.3) is 0 Å². The van der Waals surface area contributed by atoms with Crippen molar-refractivity contribution in [3.05, 3.63) is 101 Å². The topological polar surface area (TPSA) is 162 Å². The normalized spacial score (nSPS) is 18.5. The van der Waals surface area contributed by atoms with Crippen LogP contribution in [0.5, 0.6) is 34.5 Å². The van der Waals surface area contributed by atoms with Gasteiger partial charge in [0.1, 0.15) is 17.4 Å². The highest BCUT2D eigenvalue weighted by Crippen LogP contribution is 2.51. The summed E-state index contributed by atoms with van der Waals surface area (Å²) in [7, 11) is 1.50. The highest BCUT2D eigenvalue weighted by molar-refractivity contribution is 5.92. The lowest BCUT2D eigenvalue weighted by Crippen LogP contribution is -2.45. The molecular weight excluding hydrogens is 733 g/mol. The molecule has 6 N–H and O–H groups in total. The van der Waals surface area contributed by atoms with Crippen molar-refractivity contribution in [3.8, 4) is 34.5 Å². The van der Waals surface area contributed by atoms with Crippen molar-refractivity contribution < 1.29 is 39.8 Å². The molecule has 10 heteroatoms. The molecule has 2 bridgehead atoms. The lowest BCUT2D eigenvalue weighted by Gasteiger charge is -2.41. The number of ether oxygens (including phenoxy) is 2. The molecule has 7 rings (SSSR count). The van der Waals surface area contributed by atoms with E-state index in [-0.39, 0.29) is 41.0 Å². The van der Waals surface area contributed by atoms with Crippen LogP contribution in [0.2, 0.25) is 0 Å². The lowest BCUT2D eigenvalue weighted by molar-refractivity contribution is -0.130. The van der Waals surface area contributed by atoms with Crippen molar-refractivity contribution in [1.29, 1.82) is 0 Å². The Balaban J connectivity index is 1.33. The molecule has 0 amide bonds. The fourth-order valence-corrected chi connectivity index (χ4v) is 9.46. The van der Waals surface area contributed by atoms with E-state index >= 15 is 4.79 Å². The number of Topliss-reactive ketones (excluding diaryl/α,β-unsaturated/α-hetero) is 1. The van der Waals surface area contributed by atoms with Gasteiger partial charge < -0.3 is 40.3 Å². The second-order valence-electron chi connectivity index (χ2n) is 16.7. The highest BCUT2D eigenvalue weighted by atomic mass is 16.5. The number of rotatable bonds is 11. The minimum Gasteiger partial charge on any atom is -0.508 e. The molecule has 1 spiro atoms. The maximum atomic E-state index is 15.3. The van der Waals surface area contributed by atoms with Gasteiger partial charge in [0.05, 0.1) is 25.7 Å². The first-order chi connectivity index (χ1) is 27.9. The number of benzene rings is 4. The molecule has 2 heterocycles. The Kier molecular flexibility index (Phi) is 12.3. The number of aliphatic hydroxyl groups excluding tert-OH is 1. The smallest absolute Gasteiger partial charge is 0.200 e. The Labute approximate surface area is 340 Å². The molecule has 2 aliphatic rings. The number of phenolic OH excluding ortho intramolecular Hbond substituents is 4. The summed E-state index contributed by atoms with van der Waals surface area (Å²) in [5.41, 5.74) is 3.68. The fraction of sp³-hybridized carbons (Fsp3) is 0.417. The van der Waals surface area contributed by atoms with E-state index < -0.39 is 23.4 Å². The van der Waals surface area contributed by atoms with E-state index in [2.05, 4.69) is 19.2 Å². The first kappa shape index (κ1) is 40.7. The Morgan fingerprint density at radius 2 is 1.71 bits per heavy atom. The van der Waals surface area contributed by atoms with Gasteiger partial charge in [-0.2, -0.15) is 0 Å². The molecular formula is C48H56N2O8. The maximum absolute atomic E-state index is 15.3. The van der Waals surface area contributed by atoms with Crippen LogP contribution in [0.1, 0.15) is 99.8 Å². The average Bonchev–Trinajstić information content (AvgIpc) is 3.70. The van der Waals surface area contributed by atoms with Crippen LogP contribution < -0.4 is 14.8 Å². The van der Waals surface area contributed by atoms with Crippen molar-refractivity contribution in [2.45, 2.75) is 102 Å². The Hall–Kier alpha value is -5.48. The number of carbonyl (C=O) groups excluding carboxylic acids is 1.